The molecule has 2 fully saturated rings. The van der Waals surface area contributed by atoms with Crippen molar-refractivity contribution in [3.8, 4) is 0 Å². The summed E-state index contributed by atoms with van der Waals surface area (Å²) in [6.45, 7) is 8.77. The second-order valence-corrected chi connectivity index (χ2v) is 8.78. The highest BCUT2D eigenvalue weighted by Gasteiger charge is 2.27. The summed E-state index contributed by atoms with van der Waals surface area (Å²) in [7, 11) is 1.73. The number of nitrogens with zero attached hydrogens (tertiary/aromatic N) is 3. The summed E-state index contributed by atoms with van der Waals surface area (Å²) < 4.78 is 5.26. The molecule has 0 spiro atoms. The SMILES string of the molecule is COCCN(CC(=O)N1CCN(Cc2cccc(C)c2)CC1)C1CCSC1. The topological polar surface area (TPSA) is 36.0 Å². The molecular formula is C21H33N3O2S. The molecule has 1 atom stereocenters. The van der Waals surface area contributed by atoms with Crippen LogP contribution in [0.15, 0.2) is 24.3 Å². The van der Waals surface area contributed by atoms with E-state index in [0.717, 1.165) is 45.0 Å². The van der Waals surface area contributed by atoms with Crippen LogP contribution in [-0.2, 0) is 16.1 Å². The summed E-state index contributed by atoms with van der Waals surface area (Å²) in [5.41, 5.74) is 2.67. The molecule has 0 N–H and O–H groups in total. The second kappa shape index (κ2) is 10.5. The minimum atomic E-state index is 0.276. The van der Waals surface area contributed by atoms with Crippen molar-refractivity contribution in [2.45, 2.75) is 25.9 Å². The zero-order valence-corrected chi connectivity index (χ0v) is 17.5. The number of thioether (sulfide) groups is 1. The molecule has 27 heavy (non-hydrogen) atoms. The fourth-order valence-electron chi connectivity index (χ4n) is 3.91. The minimum Gasteiger partial charge on any atom is -0.383 e. The van der Waals surface area contributed by atoms with E-state index in [0.29, 0.717) is 19.2 Å². The predicted molar refractivity (Wildman–Crippen MR) is 112 cm³/mol. The largest absolute Gasteiger partial charge is 0.383 e. The summed E-state index contributed by atoms with van der Waals surface area (Å²) in [6.07, 6.45) is 1.19. The van der Waals surface area contributed by atoms with Crippen molar-refractivity contribution in [3.05, 3.63) is 35.4 Å². The number of carbonyl (C=O) groups excluding carboxylic acids is 1. The molecule has 1 amide bonds. The highest BCUT2D eigenvalue weighted by molar-refractivity contribution is 7.99. The highest BCUT2D eigenvalue weighted by atomic mass is 32.2. The fourth-order valence-corrected chi connectivity index (χ4v) is 5.16. The lowest BCUT2D eigenvalue weighted by Gasteiger charge is -2.36. The Morgan fingerprint density at radius 2 is 2.11 bits per heavy atom. The average molecular weight is 392 g/mol. The fraction of sp³-hybridized carbons (Fsp3) is 0.667. The van der Waals surface area contributed by atoms with Crippen LogP contribution < -0.4 is 0 Å². The second-order valence-electron chi connectivity index (χ2n) is 7.63. The molecule has 5 nitrogen and oxygen atoms in total. The maximum Gasteiger partial charge on any atom is 0.236 e. The predicted octanol–water partition coefficient (Wildman–Crippen LogP) is 2.09. The molecule has 0 aromatic heterocycles. The molecule has 2 aliphatic heterocycles. The molecule has 0 saturated carbocycles. The number of benzene rings is 1. The van der Waals surface area contributed by atoms with Gasteiger partial charge in [0, 0.05) is 58.2 Å². The van der Waals surface area contributed by atoms with Crippen LogP contribution in [0.25, 0.3) is 0 Å². The third-order valence-corrected chi connectivity index (χ3v) is 6.70. The molecule has 2 aliphatic rings. The third-order valence-electron chi connectivity index (χ3n) is 5.56. The standard InChI is InChI=1S/C21H33N3O2S/c1-18-4-3-5-19(14-18)15-22-7-9-23(10-8-22)21(25)16-24(11-12-26-2)20-6-13-27-17-20/h3-5,14,20H,6-13,15-17H2,1-2H3. The third kappa shape index (κ3) is 6.21. The first kappa shape index (κ1) is 20.6. The van der Waals surface area contributed by atoms with E-state index in [1.165, 1.54) is 23.3 Å². The van der Waals surface area contributed by atoms with Crippen LogP contribution in [0.1, 0.15) is 17.5 Å². The molecule has 1 unspecified atom stereocenters. The van der Waals surface area contributed by atoms with Crippen LogP contribution in [0.2, 0.25) is 0 Å². The summed E-state index contributed by atoms with van der Waals surface area (Å²) >= 11 is 1.99. The number of piperazine rings is 1. The van der Waals surface area contributed by atoms with Crippen LogP contribution >= 0.6 is 11.8 Å². The van der Waals surface area contributed by atoms with Gasteiger partial charge in [0.15, 0.2) is 0 Å². The van der Waals surface area contributed by atoms with E-state index in [4.69, 9.17) is 4.74 Å². The molecule has 1 aromatic carbocycles. The van der Waals surface area contributed by atoms with Crippen LogP contribution in [0.3, 0.4) is 0 Å². The van der Waals surface area contributed by atoms with Gasteiger partial charge in [-0.1, -0.05) is 29.8 Å². The van der Waals surface area contributed by atoms with Crippen molar-refractivity contribution in [1.29, 1.82) is 0 Å². The number of amides is 1. The van der Waals surface area contributed by atoms with Crippen LogP contribution in [0.4, 0.5) is 0 Å². The van der Waals surface area contributed by atoms with E-state index in [1.807, 2.05) is 11.8 Å². The van der Waals surface area contributed by atoms with Gasteiger partial charge in [-0.25, -0.2) is 0 Å². The molecular weight excluding hydrogens is 358 g/mol. The molecule has 0 radical (unpaired) electrons. The monoisotopic (exact) mass is 391 g/mol. The highest BCUT2D eigenvalue weighted by Crippen LogP contribution is 2.22. The summed E-state index contributed by atoms with van der Waals surface area (Å²) in [4.78, 5) is 19.7. The zero-order chi connectivity index (χ0) is 19.1. The minimum absolute atomic E-state index is 0.276. The Balaban J connectivity index is 1.46. The van der Waals surface area contributed by atoms with Gasteiger partial charge in [0.2, 0.25) is 5.91 Å². The number of methoxy groups -OCH3 is 1. The number of carbonyl (C=O) groups is 1. The molecule has 2 heterocycles. The Morgan fingerprint density at radius 3 is 2.78 bits per heavy atom. The van der Waals surface area contributed by atoms with Crippen molar-refractivity contribution in [2.75, 3.05) is 64.5 Å². The van der Waals surface area contributed by atoms with E-state index in [9.17, 15) is 4.79 Å². The maximum atomic E-state index is 12.9. The van der Waals surface area contributed by atoms with Crippen LogP contribution in [0, 0.1) is 6.92 Å². The molecule has 0 aliphatic carbocycles. The molecule has 150 valence electrons. The molecule has 3 rings (SSSR count). The number of ether oxygens (including phenoxy) is 1. The Bertz CT molecular complexity index is 599. The van der Waals surface area contributed by atoms with Crippen molar-refractivity contribution >= 4 is 17.7 Å². The smallest absolute Gasteiger partial charge is 0.236 e. The van der Waals surface area contributed by atoms with Gasteiger partial charge in [0.1, 0.15) is 0 Å². The first-order valence-electron chi connectivity index (χ1n) is 10.0. The van der Waals surface area contributed by atoms with E-state index < -0.39 is 0 Å². The van der Waals surface area contributed by atoms with Gasteiger partial charge >= 0.3 is 0 Å². The van der Waals surface area contributed by atoms with Gasteiger partial charge in [0.25, 0.3) is 0 Å². The van der Waals surface area contributed by atoms with Crippen molar-refractivity contribution < 1.29 is 9.53 Å². The van der Waals surface area contributed by atoms with Crippen LogP contribution in [0.5, 0.6) is 0 Å². The van der Waals surface area contributed by atoms with E-state index >= 15 is 0 Å². The number of hydrogen-bond acceptors (Lipinski definition) is 5. The quantitative estimate of drug-likeness (QED) is 0.678. The summed E-state index contributed by atoms with van der Waals surface area (Å²) in [6, 6.07) is 9.23. The van der Waals surface area contributed by atoms with Crippen molar-refractivity contribution in [3.63, 3.8) is 0 Å². The summed E-state index contributed by atoms with van der Waals surface area (Å²) in [5, 5.41) is 0. The normalized spacial score (nSPS) is 21.1. The molecule has 0 bridgehead atoms. The molecule has 6 heteroatoms. The number of rotatable bonds is 8. The van der Waals surface area contributed by atoms with E-state index in [-0.39, 0.29) is 5.91 Å². The summed E-state index contributed by atoms with van der Waals surface area (Å²) in [5.74, 6) is 2.62. The van der Waals surface area contributed by atoms with Gasteiger partial charge in [-0.3, -0.25) is 14.6 Å². The Labute approximate surface area is 168 Å². The van der Waals surface area contributed by atoms with E-state index in [1.54, 1.807) is 7.11 Å². The molecule has 2 saturated heterocycles. The van der Waals surface area contributed by atoms with Gasteiger partial charge in [0.05, 0.1) is 13.2 Å². The molecule has 1 aromatic rings. The zero-order valence-electron chi connectivity index (χ0n) is 16.7. The Hall–Kier alpha value is -1.08. The lowest BCUT2D eigenvalue weighted by atomic mass is 10.1. The first-order valence-corrected chi connectivity index (χ1v) is 11.2. The Kier molecular flexibility index (Phi) is 8.00. The lowest BCUT2D eigenvalue weighted by Crippen LogP contribution is -2.52. The average Bonchev–Trinajstić information content (AvgIpc) is 3.20. The number of aryl methyl sites for hydroxylation is 1. The van der Waals surface area contributed by atoms with Gasteiger partial charge < -0.3 is 9.64 Å². The van der Waals surface area contributed by atoms with E-state index in [2.05, 4.69) is 45.9 Å². The van der Waals surface area contributed by atoms with Gasteiger partial charge in [-0.2, -0.15) is 11.8 Å². The van der Waals surface area contributed by atoms with Crippen molar-refractivity contribution in [2.24, 2.45) is 0 Å². The first-order chi connectivity index (χ1) is 13.2. The van der Waals surface area contributed by atoms with Crippen molar-refractivity contribution in [1.82, 2.24) is 14.7 Å². The lowest BCUT2D eigenvalue weighted by molar-refractivity contribution is -0.134. The Morgan fingerprint density at radius 1 is 1.30 bits per heavy atom. The number of hydrogen-bond donors (Lipinski definition) is 0. The van der Waals surface area contributed by atoms with Gasteiger partial charge in [-0.05, 0) is 24.7 Å². The maximum absolute atomic E-state index is 12.9. The van der Waals surface area contributed by atoms with Gasteiger partial charge in [-0.15, -0.1) is 0 Å². The van der Waals surface area contributed by atoms with Crippen LogP contribution in [-0.4, -0.2) is 91.1 Å².